The van der Waals surface area contributed by atoms with Crippen molar-refractivity contribution in [3.63, 3.8) is 0 Å². The van der Waals surface area contributed by atoms with Gasteiger partial charge in [0.1, 0.15) is 0 Å². The minimum absolute atomic E-state index is 0. The van der Waals surface area contributed by atoms with Gasteiger partial charge in [0.15, 0.2) is 0 Å². The molecule has 4 fully saturated rings. The molecule has 74 valence electrons. The molecule has 14 heavy (non-hydrogen) atoms. The monoisotopic (exact) mass is 204 g/mol. The summed E-state index contributed by atoms with van der Waals surface area (Å²) >= 11 is 0. The van der Waals surface area contributed by atoms with Gasteiger partial charge < -0.3 is 9.90 Å². The topological polar surface area (TPSA) is 40.1 Å². The summed E-state index contributed by atoms with van der Waals surface area (Å²) in [7, 11) is 0. The second-order valence-corrected chi connectivity index (χ2v) is 4.97. The van der Waals surface area contributed by atoms with Gasteiger partial charge in [-0.1, -0.05) is 0 Å². The second kappa shape index (κ2) is 5.53. The van der Waals surface area contributed by atoms with Gasteiger partial charge in [-0.3, -0.25) is 0 Å². The van der Waals surface area contributed by atoms with Gasteiger partial charge in [0.05, 0.1) is 0 Å². The first kappa shape index (κ1) is 12.5. The second-order valence-electron chi connectivity index (χ2n) is 4.97. The minimum Gasteiger partial charge on any atom is -0.554 e. The maximum Gasteiger partial charge on any atom is 1.00 e. The molecule has 0 aromatic heterocycles. The largest absolute Gasteiger partial charge is 1.00 e. The minimum atomic E-state index is -0.500. The zero-order chi connectivity index (χ0) is 9.26. The fourth-order valence-electron chi connectivity index (χ4n) is 3.98. The number of carbonyl (C=O) groups excluding carboxylic acids is 1. The fourth-order valence-corrected chi connectivity index (χ4v) is 3.98. The third-order valence-corrected chi connectivity index (χ3v) is 4.00. The van der Waals surface area contributed by atoms with Crippen molar-refractivity contribution in [2.75, 3.05) is 0 Å². The average molecular weight is 204 g/mol. The van der Waals surface area contributed by atoms with Gasteiger partial charge >= 0.3 is 29.6 Å². The van der Waals surface area contributed by atoms with Crippen LogP contribution < -0.4 is 34.7 Å². The molecule has 0 radical (unpaired) electrons. The van der Waals surface area contributed by atoms with E-state index in [4.69, 9.17) is 9.90 Å². The molecular formula is C11H17NaO2. The molecule has 0 heterocycles. The third-order valence-electron chi connectivity index (χ3n) is 4.00. The summed E-state index contributed by atoms with van der Waals surface area (Å²) in [5, 5.41) is 8.25. The molecular weight excluding hydrogens is 187 g/mol. The van der Waals surface area contributed by atoms with E-state index in [0.29, 0.717) is 0 Å². The molecule has 4 aliphatic rings. The molecule has 3 heteroatoms. The summed E-state index contributed by atoms with van der Waals surface area (Å²) in [5.74, 6) is 4.71. The van der Waals surface area contributed by atoms with E-state index in [-0.39, 0.29) is 29.6 Å². The van der Waals surface area contributed by atoms with Crippen LogP contribution in [0, 0.1) is 23.7 Å². The number of rotatable bonds is 0. The molecule has 4 saturated carbocycles. The van der Waals surface area contributed by atoms with Crippen molar-refractivity contribution >= 4 is 6.47 Å². The molecule has 4 bridgehead atoms. The summed E-state index contributed by atoms with van der Waals surface area (Å²) in [5.41, 5.74) is 0. The Hall–Kier alpha value is 0.470. The van der Waals surface area contributed by atoms with E-state index in [1.54, 1.807) is 38.5 Å². The molecule has 0 amide bonds. The van der Waals surface area contributed by atoms with E-state index in [0.717, 1.165) is 0 Å². The summed E-state index contributed by atoms with van der Waals surface area (Å²) in [6, 6.07) is 0. The maximum absolute atomic E-state index is 8.25. The van der Waals surface area contributed by atoms with Crippen LogP contribution in [-0.4, -0.2) is 6.47 Å². The van der Waals surface area contributed by atoms with Gasteiger partial charge in [-0.15, -0.1) is 0 Å². The molecule has 0 aromatic rings. The van der Waals surface area contributed by atoms with Crippen molar-refractivity contribution < 1.29 is 39.5 Å². The van der Waals surface area contributed by atoms with Gasteiger partial charge in [0.2, 0.25) is 0 Å². The zero-order valence-electron chi connectivity index (χ0n) is 8.95. The van der Waals surface area contributed by atoms with Crippen LogP contribution in [0.1, 0.15) is 38.5 Å². The van der Waals surface area contributed by atoms with Gasteiger partial charge in [0, 0.05) is 6.47 Å². The summed E-state index contributed by atoms with van der Waals surface area (Å²) in [6.07, 6.45) is 9.62. The van der Waals surface area contributed by atoms with Crippen molar-refractivity contribution in [3.8, 4) is 0 Å². The van der Waals surface area contributed by atoms with Crippen LogP contribution in [-0.2, 0) is 4.79 Å². The Kier molecular flexibility index (Phi) is 4.95. The zero-order valence-corrected chi connectivity index (χ0v) is 10.9. The molecule has 4 aliphatic carbocycles. The molecule has 4 rings (SSSR count). The van der Waals surface area contributed by atoms with Crippen molar-refractivity contribution in [1.29, 1.82) is 0 Å². The Labute approximate surface area is 108 Å². The Bertz CT molecular complexity index is 137. The van der Waals surface area contributed by atoms with E-state index in [1.807, 2.05) is 0 Å². The van der Waals surface area contributed by atoms with Crippen LogP contribution in [0.25, 0.3) is 0 Å². The predicted molar refractivity (Wildman–Crippen MR) is 47.7 cm³/mol. The smallest absolute Gasteiger partial charge is 0.554 e. The molecule has 0 N–H and O–H groups in total. The number of carboxylic acid groups (broad SMARTS) is 1. The van der Waals surface area contributed by atoms with Crippen LogP contribution >= 0.6 is 0 Å². The maximum atomic E-state index is 8.25. The van der Waals surface area contributed by atoms with Gasteiger partial charge in [-0.05, 0) is 62.2 Å². The standard InChI is InChI=1S/C10H16.CH2O2.Na/c1-7-2-9-4-8(1)5-10(3-7)6-9;2-1-3;/h7-10H,1-6H2;1H,(H,2,3);/q;;+1/p-1. The van der Waals surface area contributed by atoms with Crippen molar-refractivity contribution in [2.24, 2.45) is 23.7 Å². The predicted octanol–water partition coefficient (Wildman–Crippen LogP) is -1.80. The van der Waals surface area contributed by atoms with Gasteiger partial charge in [-0.2, -0.15) is 0 Å². The quantitative estimate of drug-likeness (QED) is 0.345. The molecule has 0 atom stereocenters. The Morgan fingerprint density at radius 1 is 0.786 bits per heavy atom. The molecule has 0 spiro atoms. The van der Waals surface area contributed by atoms with Gasteiger partial charge in [0.25, 0.3) is 0 Å². The Morgan fingerprint density at radius 2 is 0.929 bits per heavy atom. The van der Waals surface area contributed by atoms with E-state index in [1.165, 1.54) is 23.7 Å². The third kappa shape index (κ3) is 2.74. The van der Waals surface area contributed by atoms with E-state index in [2.05, 4.69) is 0 Å². The Balaban J connectivity index is 0.000000223. The molecule has 2 nitrogen and oxygen atoms in total. The van der Waals surface area contributed by atoms with Crippen molar-refractivity contribution in [3.05, 3.63) is 0 Å². The molecule has 0 unspecified atom stereocenters. The van der Waals surface area contributed by atoms with E-state index < -0.39 is 6.47 Å². The molecule has 0 saturated heterocycles. The first-order valence-corrected chi connectivity index (χ1v) is 5.37. The van der Waals surface area contributed by atoms with Crippen LogP contribution in [0.4, 0.5) is 0 Å². The fraction of sp³-hybridized carbons (Fsp3) is 0.909. The van der Waals surface area contributed by atoms with E-state index in [9.17, 15) is 0 Å². The summed E-state index contributed by atoms with van der Waals surface area (Å²) < 4.78 is 0. The average Bonchev–Trinajstić information content (AvgIpc) is 2.01. The first-order chi connectivity index (χ1) is 6.31. The Morgan fingerprint density at radius 3 is 1.07 bits per heavy atom. The van der Waals surface area contributed by atoms with Crippen LogP contribution in [0.2, 0.25) is 0 Å². The normalized spacial score (nSPS) is 42.0. The van der Waals surface area contributed by atoms with Gasteiger partial charge in [-0.25, -0.2) is 0 Å². The van der Waals surface area contributed by atoms with Crippen molar-refractivity contribution in [1.82, 2.24) is 0 Å². The van der Waals surface area contributed by atoms with E-state index >= 15 is 0 Å². The number of hydrogen-bond donors (Lipinski definition) is 0. The first-order valence-electron chi connectivity index (χ1n) is 5.37. The van der Waals surface area contributed by atoms with Crippen LogP contribution in [0.3, 0.4) is 0 Å². The molecule has 0 aromatic carbocycles. The summed E-state index contributed by atoms with van der Waals surface area (Å²) in [6.45, 7) is -0.500. The SMILES string of the molecule is C1C2CC3CC1CC(C2)C3.O=C[O-].[Na+]. The van der Waals surface area contributed by atoms with Crippen molar-refractivity contribution in [2.45, 2.75) is 38.5 Å². The summed E-state index contributed by atoms with van der Waals surface area (Å²) in [4.78, 5) is 8.25. The molecule has 0 aliphatic heterocycles. The van der Waals surface area contributed by atoms with Crippen LogP contribution in [0.15, 0.2) is 0 Å². The van der Waals surface area contributed by atoms with Crippen LogP contribution in [0.5, 0.6) is 0 Å². The number of carbonyl (C=O) groups is 1. The number of hydrogen-bond acceptors (Lipinski definition) is 2.